The van der Waals surface area contributed by atoms with Crippen LogP contribution in [0.25, 0.3) is 11.3 Å². The molecule has 2 heterocycles. The second-order valence-electron chi connectivity index (χ2n) is 9.16. The third-order valence-corrected chi connectivity index (χ3v) is 7.68. The fourth-order valence-electron chi connectivity index (χ4n) is 4.61. The lowest BCUT2D eigenvalue weighted by molar-refractivity contribution is -0.916. The number of likely N-dealkylation sites (tertiary alicyclic amines) is 1. The first-order chi connectivity index (χ1) is 17.5. The van der Waals surface area contributed by atoms with Crippen LogP contribution in [-0.4, -0.2) is 54.2 Å². The van der Waals surface area contributed by atoms with E-state index in [4.69, 9.17) is 4.74 Å². The molecule has 1 fully saturated rings. The largest absolute Gasteiger partial charge is 0.493 e. The maximum Gasteiger partial charge on any atom is 0.257 e. The van der Waals surface area contributed by atoms with Gasteiger partial charge in [-0.15, -0.1) is 11.3 Å². The van der Waals surface area contributed by atoms with Gasteiger partial charge in [0.05, 0.1) is 31.9 Å². The number of thiazole rings is 1. The van der Waals surface area contributed by atoms with E-state index in [1.807, 2.05) is 18.4 Å². The lowest BCUT2D eigenvalue weighted by Crippen LogP contribution is -2.52. The predicted octanol–water partition coefficient (Wildman–Crippen LogP) is 5.34. The van der Waals surface area contributed by atoms with Crippen molar-refractivity contribution in [2.45, 2.75) is 40.0 Å². The first-order valence-corrected chi connectivity index (χ1v) is 13.6. The molecular weight excluding hydrogens is 472 g/mol. The molecule has 1 aliphatic rings. The van der Waals surface area contributed by atoms with Crippen LogP contribution in [0.5, 0.6) is 5.75 Å². The van der Waals surface area contributed by atoms with Crippen LogP contribution < -0.4 is 15.4 Å². The Hall–Kier alpha value is -3.23. The summed E-state index contributed by atoms with van der Waals surface area (Å²) in [6.45, 7) is 10.7. The van der Waals surface area contributed by atoms with Gasteiger partial charge in [0.15, 0.2) is 11.8 Å². The third-order valence-electron chi connectivity index (χ3n) is 6.92. The summed E-state index contributed by atoms with van der Waals surface area (Å²) in [7, 11) is 0. The number of aromatic nitrogens is 1. The van der Waals surface area contributed by atoms with Gasteiger partial charge in [0, 0.05) is 34.9 Å². The Morgan fingerprint density at radius 2 is 1.69 bits per heavy atom. The van der Waals surface area contributed by atoms with E-state index in [2.05, 4.69) is 41.6 Å². The summed E-state index contributed by atoms with van der Waals surface area (Å²) >= 11 is 1.37. The van der Waals surface area contributed by atoms with Gasteiger partial charge in [-0.1, -0.05) is 13.0 Å². The van der Waals surface area contributed by atoms with Gasteiger partial charge in [0.1, 0.15) is 5.75 Å². The molecule has 0 atom stereocenters. The molecule has 1 aliphatic heterocycles. The number of hydrogen-bond donors (Lipinski definition) is 2. The summed E-state index contributed by atoms with van der Waals surface area (Å²) in [5.74, 6) is 0.412. The highest BCUT2D eigenvalue weighted by Gasteiger charge is 2.30. The summed E-state index contributed by atoms with van der Waals surface area (Å²) in [6.07, 6.45) is 3.35. The molecule has 2 N–H and O–H groups in total. The van der Waals surface area contributed by atoms with Gasteiger partial charge in [0.2, 0.25) is 0 Å². The van der Waals surface area contributed by atoms with Crippen LogP contribution in [0.4, 0.5) is 5.13 Å². The summed E-state index contributed by atoms with van der Waals surface area (Å²) < 4.78 is 6.72. The van der Waals surface area contributed by atoms with E-state index in [-0.39, 0.29) is 11.8 Å². The number of anilines is 1. The normalized spacial score (nSPS) is 14.4. The number of quaternary nitrogens is 1. The molecule has 190 valence electrons. The lowest BCUT2D eigenvalue weighted by Gasteiger charge is -2.32. The van der Waals surface area contributed by atoms with Gasteiger partial charge in [-0.25, -0.2) is 4.98 Å². The van der Waals surface area contributed by atoms with E-state index in [1.54, 1.807) is 24.3 Å². The number of benzene rings is 2. The zero-order valence-corrected chi connectivity index (χ0v) is 22.1. The smallest absolute Gasteiger partial charge is 0.257 e. The molecular formula is C28H35N4O3S+. The van der Waals surface area contributed by atoms with Crippen molar-refractivity contribution in [3.05, 3.63) is 64.5 Å². The molecule has 1 aromatic heterocycles. The maximum atomic E-state index is 12.8. The topological polar surface area (TPSA) is 80.3 Å². The maximum absolute atomic E-state index is 12.8. The minimum atomic E-state index is -0.261. The first kappa shape index (κ1) is 25.9. The number of aryl methyl sites for hydroxylation is 1. The Kier molecular flexibility index (Phi) is 8.38. The zero-order valence-electron chi connectivity index (χ0n) is 21.3. The second kappa shape index (κ2) is 11.7. The molecule has 0 saturated carbocycles. The van der Waals surface area contributed by atoms with Crippen molar-refractivity contribution in [3.63, 3.8) is 0 Å². The van der Waals surface area contributed by atoms with Crippen molar-refractivity contribution in [1.82, 2.24) is 10.3 Å². The molecule has 0 unspecified atom stereocenters. The molecule has 2 amide bonds. The highest BCUT2D eigenvalue weighted by molar-refractivity contribution is 7.14. The van der Waals surface area contributed by atoms with Crippen molar-refractivity contribution in [3.8, 4) is 17.0 Å². The lowest BCUT2D eigenvalue weighted by atomic mass is 10.1. The SMILES string of the molecule is CCOc1ccc(CC)cc1-c1csc(NC(=O)c2ccc(C(=O)NC[N+]3(CC)CCCC3)cc2)n1. The third kappa shape index (κ3) is 5.94. The second-order valence-corrected chi connectivity index (χ2v) is 10.0. The average Bonchev–Trinajstić information content (AvgIpc) is 3.58. The number of carbonyl (C=O) groups is 2. The number of amides is 2. The zero-order chi connectivity index (χ0) is 25.5. The molecule has 0 bridgehead atoms. The predicted molar refractivity (Wildman–Crippen MR) is 145 cm³/mol. The van der Waals surface area contributed by atoms with Crippen molar-refractivity contribution in [1.29, 1.82) is 0 Å². The minimum absolute atomic E-state index is 0.108. The number of ether oxygens (including phenoxy) is 1. The van der Waals surface area contributed by atoms with Crippen molar-refractivity contribution in [2.24, 2.45) is 0 Å². The quantitative estimate of drug-likeness (QED) is 0.363. The molecule has 7 nitrogen and oxygen atoms in total. The van der Waals surface area contributed by atoms with Gasteiger partial charge in [-0.3, -0.25) is 14.9 Å². The molecule has 8 heteroatoms. The number of nitrogens with one attached hydrogen (secondary N) is 2. The Balaban J connectivity index is 1.39. The molecule has 4 rings (SSSR count). The highest BCUT2D eigenvalue weighted by Crippen LogP contribution is 2.33. The molecule has 0 spiro atoms. The average molecular weight is 508 g/mol. The van der Waals surface area contributed by atoms with Crippen LogP contribution in [0.3, 0.4) is 0 Å². The number of carbonyl (C=O) groups excluding carboxylic acids is 2. The fraction of sp³-hybridized carbons (Fsp3) is 0.393. The fourth-order valence-corrected chi connectivity index (χ4v) is 5.32. The van der Waals surface area contributed by atoms with Crippen molar-refractivity contribution >= 4 is 28.3 Å². The summed E-state index contributed by atoms with van der Waals surface area (Å²) in [5.41, 5.74) is 3.91. The van der Waals surface area contributed by atoms with Gasteiger partial charge in [-0.2, -0.15) is 0 Å². The monoisotopic (exact) mass is 507 g/mol. The Morgan fingerprint density at radius 3 is 2.33 bits per heavy atom. The molecule has 0 aliphatic carbocycles. The van der Waals surface area contributed by atoms with Crippen LogP contribution in [0.15, 0.2) is 47.8 Å². The van der Waals surface area contributed by atoms with Crippen LogP contribution in [0, 0.1) is 0 Å². The van der Waals surface area contributed by atoms with E-state index < -0.39 is 0 Å². The van der Waals surface area contributed by atoms with E-state index in [9.17, 15) is 9.59 Å². The first-order valence-electron chi connectivity index (χ1n) is 12.7. The van der Waals surface area contributed by atoms with Gasteiger partial charge in [0.25, 0.3) is 11.8 Å². The minimum Gasteiger partial charge on any atom is -0.493 e. The molecule has 2 aromatic carbocycles. The van der Waals surface area contributed by atoms with Gasteiger partial charge < -0.3 is 14.5 Å². The number of nitrogens with zero attached hydrogens (tertiary/aromatic N) is 2. The number of hydrogen-bond acceptors (Lipinski definition) is 5. The summed E-state index contributed by atoms with van der Waals surface area (Å²) in [6, 6.07) is 12.9. The van der Waals surface area contributed by atoms with Gasteiger partial charge in [-0.05, 0) is 62.2 Å². The Morgan fingerprint density at radius 1 is 1.00 bits per heavy atom. The van der Waals surface area contributed by atoms with Crippen LogP contribution in [-0.2, 0) is 6.42 Å². The van der Waals surface area contributed by atoms with Crippen LogP contribution in [0.1, 0.15) is 59.9 Å². The van der Waals surface area contributed by atoms with Gasteiger partial charge >= 0.3 is 0 Å². The van der Waals surface area contributed by atoms with E-state index >= 15 is 0 Å². The van der Waals surface area contributed by atoms with Crippen molar-refractivity contribution in [2.75, 3.05) is 38.2 Å². The van der Waals surface area contributed by atoms with E-state index in [1.165, 1.54) is 29.7 Å². The molecule has 1 saturated heterocycles. The molecule has 36 heavy (non-hydrogen) atoms. The van der Waals surface area contributed by atoms with Crippen LogP contribution >= 0.6 is 11.3 Å². The van der Waals surface area contributed by atoms with E-state index in [0.29, 0.717) is 29.5 Å². The molecule has 3 aromatic rings. The van der Waals surface area contributed by atoms with E-state index in [0.717, 1.165) is 47.5 Å². The Labute approximate surface area is 217 Å². The molecule has 0 radical (unpaired) electrons. The van der Waals surface area contributed by atoms with Crippen molar-refractivity contribution < 1.29 is 18.8 Å². The highest BCUT2D eigenvalue weighted by atomic mass is 32.1. The summed E-state index contributed by atoms with van der Waals surface area (Å²) in [5, 5.41) is 8.39. The number of rotatable bonds is 10. The standard InChI is InChI=1S/C28H34N4O3S/c1-4-20-9-14-25(35-6-3)23(17-20)24-18-36-28(30-24)31-27(34)22-12-10-21(11-13-22)26(33)29-19-32(5-2)15-7-8-16-32/h9-14,17-18H,4-8,15-16,19H2,1-3H3,(H-,29,30,31,33,34)/p+1. The summed E-state index contributed by atoms with van der Waals surface area (Å²) in [4.78, 5) is 30.1. The Bertz CT molecular complexity index is 1200. The van der Waals surface area contributed by atoms with Crippen LogP contribution in [0.2, 0.25) is 0 Å².